The summed E-state index contributed by atoms with van der Waals surface area (Å²) in [4.78, 5) is 4.05. The van der Waals surface area contributed by atoms with Crippen LogP contribution in [0.25, 0.3) is 0 Å². The summed E-state index contributed by atoms with van der Waals surface area (Å²) in [7, 11) is 0. The van der Waals surface area contributed by atoms with Crippen LogP contribution in [0.4, 0.5) is 5.69 Å². The molecular weight excluding hydrogens is 244 g/mol. The Kier molecular flexibility index (Phi) is 3.87. The molecule has 1 N–H and O–H groups in total. The van der Waals surface area contributed by atoms with Gasteiger partial charge in [-0.25, -0.2) is 4.98 Å². The van der Waals surface area contributed by atoms with E-state index in [1.807, 2.05) is 6.07 Å². The van der Waals surface area contributed by atoms with Gasteiger partial charge in [0.25, 0.3) is 0 Å². The van der Waals surface area contributed by atoms with Gasteiger partial charge in [0.15, 0.2) is 0 Å². The van der Waals surface area contributed by atoms with Gasteiger partial charge in [0, 0.05) is 6.54 Å². The van der Waals surface area contributed by atoms with Gasteiger partial charge in [0.1, 0.15) is 5.15 Å². The molecular formula is C15H17ClN2. The smallest absolute Gasteiger partial charge is 0.129 e. The number of aromatic nitrogens is 1. The summed E-state index contributed by atoms with van der Waals surface area (Å²) in [5.74, 6) is 0. The maximum atomic E-state index is 5.76. The first-order chi connectivity index (χ1) is 8.56. The van der Waals surface area contributed by atoms with Gasteiger partial charge in [-0.3, -0.25) is 0 Å². The van der Waals surface area contributed by atoms with Gasteiger partial charge < -0.3 is 5.32 Å². The summed E-state index contributed by atoms with van der Waals surface area (Å²) in [5, 5.41) is 3.89. The molecule has 0 radical (unpaired) electrons. The van der Waals surface area contributed by atoms with Crippen LogP contribution in [0.2, 0.25) is 5.15 Å². The molecule has 2 nitrogen and oxygen atoms in total. The number of hydrogen-bond donors (Lipinski definition) is 1. The van der Waals surface area contributed by atoms with E-state index >= 15 is 0 Å². The van der Waals surface area contributed by atoms with Crippen LogP contribution in [0, 0.1) is 20.8 Å². The first kappa shape index (κ1) is 12.9. The zero-order chi connectivity index (χ0) is 13.1. The number of aryl methyl sites for hydroxylation is 3. The van der Waals surface area contributed by atoms with Gasteiger partial charge in [0.05, 0.1) is 11.9 Å². The second kappa shape index (κ2) is 5.40. The maximum Gasteiger partial charge on any atom is 0.129 e. The van der Waals surface area contributed by atoms with Crippen LogP contribution < -0.4 is 5.32 Å². The minimum absolute atomic E-state index is 0.517. The quantitative estimate of drug-likeness (QED) is 0.834. The van der Waals surface area contributed by atoms with E-state index in [9.17, 15) is 0 Å². The van der Waals surface area contributed by atoms with Gasteiger partial charge in [-0.1, -0.05) is 29.3 Å². The summed E-state index contributed by atoms with van der Waals surface area (Å²) in [6, 6.07) is 8.15. The largest absolute Gasteiger partial charge is 0.380 e. The Hall–Kier alpha value is -1.54. The monoisotopic (exact) mass is 260 g/mol. The molecule has 0 saturated carbocycles. The van der Waals surface area contributed by atoms with Crippen molar-refractivity contribution in [3.05, 3.63) is 57.9 Å². The highest BCUT2D eigenvalue weighted by atomic mass is 35.5. The summed E-state index contributed by atoms with van der Waals surface area (Å²) < 4.78 is 0. The molecule has 0 fully saturated rings. The van der Waals surface area contributed by atoms with Gasteiger partial charge >= 0.3 is 0 Å². The third-order valence-corrected chi connectivity index (χ3v) is 3.26. The van der Waals surface area contributed by atoms with E-state index in [-0.39, 0.29) is 0 Å². The second-order valence-corrected chi connectivity index (χ2v) is 4.99. The molecule has 0 saturated heterocycles. The highest BCUT2D eigenvalue weighted by Crippen LogP contribution is 2.18. The van der Waals surface area contributed by atoms with Gasteiger partial charge in [-0.15, -0.1) is 0 Å². The van der Waals surface area contributed by atoms with E-state index in [2.05, 4.69) is 43.2 Å². The first-order valence-corrected chi connectivity index (χ1v) is 6.36. The molecule has 1 aromatic heterocycles. The Morgan fingerprint density at radius 1 is 1.11 bits per heavy atom. The zero-order valence-corrected chi connectivity index (χ0v) is 11.7. The fourth-order valence-electron chi connectivity index (χ4n) is 2.16. The molecule has 0 amide bonds. The fourth-order valence-corrected chi connectivity index (χ4v) is 2.27. The van der Waals surface area contributed by atoms with E-state index in [4.69, 9.17) is 11.6 Å². The molecule has 0 aliphatic carbocycles. The average Bonchev–Trinajstić information content (AvgIpc) is 2.30. The Morgan fingerprint density at radius 2 is 1.78 bits per heavy atom. The third kappa shape index (κ3) is 3.02. The number of hydrogen-bond acceptors (Lipinski definition) is 2. The summed E-state index contributed by atoms with van der Waals surface area (Å²) in [6.07, 6.45) is 1.75. The van der Waals surface area contributed by atoms with E-state index in [1.54, 1.807) is 12.3 Å². The van der Waals surface area contributed by atoms with Crippen LogP contribution in [0.5, 0.6) is 0 Å². The molecule has 0 atom stereocenters. The van der Waals surface area contributed by atoms with Crippen molar-refractivity contribution in [1.82, 2.24) is 4.98 Å². The molecule has 1 aromatic carbocycles. The van der Waals surface area contributed by atoms with Crippen LogP contribution in [0.15, 0.2) is 30.5 Å². The molecule has 2 rings (SSSR count). The molecule has 18 heavy (non-hydrogen) atoms. The van der Waals surface area contributed by atoms with Gasteiger partial charge in [-0.2, -0.15) is 0 Å². The lowest BCUT2D eigenvalue weighted by Crippen LogP contribution is -2.04. The van der Waals surface area contributed by atoms with Crippen LogP contribution >= 0.6 is 11.6 Å². The highest BCUT2D eigenvalue weighted by Gasteiger charge is 2.03. The standard InChI is InChI=1S/C15H17ClN2/c1-10-6-11(2)14(12(3)7-10)9-17-13-4-5-15(16)18-8-13/h4-8,17H,9H2,1-3H3. The third-order valence-electron chi connectivity index (χ3n) is 3.04. The summed E-state index contributed by atoms with van der Waals surface area (Å²) in [6.45, 7) is 7.23. The van der Waals surface area contributed by atoms with Crippen LogP contribution in [-0.2, 0) is 6.54 Å². The predicted octanol–water partition coefficient (Wildman–Crippen LogP) is 4.27. The van der Waals surface area contributed by atoms with E-state index in [0.29, 0.717) is 5.15 Å². The highest BCUT2D eigenvalue weighted by molar-refractivity contribution is 6.29. The fraction of sp³-hybridized carbons (Fsp3) is 0.267. The van der Waals surface area contributed by atoms with Gasteiger partial charge in [-0.05, 0) is 49.6 Å². The van der Waals surface area contributed by atoms with Crippen molar-refractivity contribution in [3.63, 3.8) is 0 Å². The van der Waals surface area contributed by atoms with Crippen molar-refractivity contribution in [1.29, 1.82) is 0 Å². The Balaban J connectivity index is 2.13. The van der Waals surface area contributed by atoms with Crippen molar-refractivity contribution in [2.45, 2.75) is 27.3 Å². The van der Waals surface area contributed by atoms with E-state index < -0.39 is 0 Å². The zero-order valence-electron chi connectivity index (χ0n) is 10.9. The van der Waals surface area contributed by atoms with Crippen LogP contribution in [-0.4, -0.2) is 4.98 Å². The number of nitrogens with zero attached hydrogens (tertiary/aromatic N) is 1. The maximum absolute atomic E-state index is 5.76. The Bertz CT molecular complexity index is 524. The average molecular weight is 261 g/mol. The lowest BCUT2D eigenvalue weighted by molar-refractivity contribution is 1.08. The van der Waals surface area contributed by atoms with Crippen molar-refractivity contribution in [2.75, 3.05) is 5.32 Å². The van der Waals surface area contributed by atoms with Crippen molar-refractivity contribution < 1.29 is 0 Å². The number of nitrogens with one attached hydrogen (secondary N) is 1. The lowest BCUT2D eigenvalue weighted by Gasteiger charge is -2.13. The molecule has 0 aliphatic rings. The number of halogens is 1. The van der Waals surface area contributed by atoms with Gasteiger partial charge in [0.2, 0.25) is 0 Å². The number of rotatable bonds is 3. The molecule has 2 aromatic rings. The van der Waals surface area contributed by atoms with Crippen LogP contribution in [0.3, 0.4) is 0 Å². The number of benzene rings is 1. The first-order valence-electron chi connectivity index (χ1n) is 5.98. The van der Waals surface area contributed by atoms with Crippen molar-refractivity contribution in [2.24, 2.45) is 0 Å². The Morgan fingerprint density at radius 3 is 2.33 bits per heavy atom. The topological polar surface area (TPSA) is 24.9 Å². The molecule has 1 heterocycles. The minimum Gasteiger partial charge on any atom is -0.380 e. The minimum atomic E-state index is 0.517. The second-order valence-electron chi connectivity index (χ2n) is 4.60. The molecule has 0 bridgehead atoms. The molecule has 0 aliphatic heterocycles. The number of pyridine rings is 1. The van der Waals surface area contributed by atoms with Crippen molar-refractivity contribution >= 4 is 17.3 Å². The normalized spacial score (nSPS) is 10.4. The SMILES string of the molecule is Cc1cc(C)c(CNc2ccc(Cl)nc2)c(C)c1. The van der Waals surface area contributed by atoms with E-state index in [1.165, 1.54) is 22.3 Å². The lowest BCUT2D eigenvalue weighted by atomic mass is 10.00. The molecule has 0 spiro atoms. The predicted molar refractivity (Wildman–Crippen MR) is 77.2 cm³/mol. The molecule has 94 valence electrons. The van der Waals surface area contributed by atoms with Crippen molar-refractivity contribution in [3.8, 4) is 0 Å². The summed E-state index contributed by atoms with van der Waals surface area (Å²) >= 11 is 5.76. The molecule has 3 heteroatoms. The summed E-state index contributed by atoms with van der Waals surface area (Å²) in [5.41, 5.74) is 6.28. The Labute approximate surface area is 113 Å². The van der Waals surface area contributed by atoms with E-state index in [0.717, 1.165) is 12.2 Å². The molecule has 0 unspecified atom stereocenters. The van der Waals surface area contributed by atoms with Crippen LogP contribution in [0.1, 0.15) is 22.3 Å². The number of anilines is 1.